The van der Waals surface area contributed by atoms with Gasteiger partial charge in [0.2, 0.25) is 0 Å². The third kappa shape index (κ3) is 3.71. The fourth-order valence-corrected chi connectivity index (χ4v) is 2.63. The second kappa shape index (κ2) is 7.05. The van der Waals surface area contributed by atoms with E-state index >= 15 is 0 Å². The van der Waals surface area contributed by atoms with E-state index in [-0.39, 0.29) is 12.0 Å². The van der Waals surface area contributed by atoms with Crippen LogP contribution in [0.1, 0.15) is 44.9 Å². The molecule has 0 spiro atoms. The molecule has 0 saturated carbocycles. The standard InChI is InChI=1S/C20H24N4O/c1-13(2)19-20(24-11-10-15(5)12-18(24)21-19)23-22-16-8-6-7-9-17(16)25-14(3)4/h6-14H,1-5H3. The zero-order valence-electron chi connectivity index (χ0n) is 15.4. The van der Waals surface area contributed by atoms with Crippen LogP contribution >= 0.6 is 0 Å². The Kier molecular flexibility index (Phi) is 4.83. The zero-order chi connectivity index (χ0) is 18.0. The van der Waals surface area contributed by atoms with Crippen molar-refractivity contribution in [2.75, 3.05) is 0 Å². The summed E-state index contributed by atoms with van der Waals surface area (Å²) >= 11 is 0. The molecule has 3 aromatic rings. The summed E-state index contributed by atoms with van der Waals surface area (Å²) in [5.41, 5.74) is 3.72. The van der Waals surface area contributed by atoms with Crippen LogP contribution in [0.4, 0.5) is 11.5 Å². The molecule has 1 aromatic carbocycles. The first-order valence-corrected chi connectivity index (χ1v) is 8.61. The van der Waals surface area contributed by atoms with Gasteiger partial charge >= 0.3 is 0 Å². The molecular formula is C20H24N4O. The second-order valence-electron chi connectivity index (χ2n) is 6.74. The van der Waals surface area contributed by atoms with Gasteiger partial charge in [-0.1, -0.05) is 26.0 Å². The van der Waals surface area contributed by atoms with E-state index in [2.05, 4.69) is 37.1 Å². The average Bonchev–Trinajstić information content (AvgIpc) is 2.91. The van der Waals surface area contributed by atoms with Gasteiger partial charge in [0.15, 0.2) is 5.82 Å². The van der Waals surface area contributed by atoms with Gasteiger partial charge in [0.1, 0.15) is 17.1 Å². The van der Waals surface area contributed by atoms with Crippen molar-refractivity contribution < 1.29 is 4.74 Å². The Morgan fingerprint density at radius 1 is 1.04 bits per heavy atom. The number of azo groups is 1. The highest BCUT2D eigenvalue weighted by molar-refractivity contribution is 5.55. The molecule has 5 heteroatoms. The van der Waals surface area contributed by atoms with Crippen molar-refractivity contribution in [3.05, 3.63) is 53.9 Å². The van der Waals surface area contributed by atoms with Crippen molar-refractivity contribution in [3.8, 4) is 5.75 Å². The Bertz CT molecular complexity index is 909. The maximum absolute atomic E-state index is 5.82. The van der Waals surface area contributed by atoms with Gasteiger partial charge in [-0.25, -0.2) is 4.98 Å². The molecule has 0 aliphatic carbocycles. The van der Waals surface area contributed by atoms with E-state index in [9.17, 15) is 0 Å². The van der Waals surface area contributed by atoms with Crippen LogP contribution in [0.15, 0.2) is 52.8 Å². The number of hydrogen-bond acceptors (Lipinski definition) is 4. The highest BCUT2D eigenvalue weighted by atomic mass is 16.5. The minimum Gasteiger partial charge on any atom is -0.489 e. The van der Waals surface area contributed by atoms with Gasteiger partial charge in [0, 0.05) is 6.20 Å². The van der Waals surface area contributed by atoms with E-state index in [0.717, 1.165) is 22.9 Å². The number of hydrogen-bond donors (Lipinski definition) is 0. The molecule has 0 N–H and O–H groups in total. The smallest absolute Gasteiger partial charge is 0.183 e. The zero-order valence-corrected chi connectivity index (χ0v) is 15.4. The lowest BCUT2D eigenvalue weighted by Gasteiger charge is -2.11. The van der Waals surface area contributed by atoms with Crippen molar-refractivity contribution in [1.29, 1.82) is 0 Å². The van der Waals surface area contributed by atoms with Crippen molar-refractivity contribution in [2.45, 2.75) is 46.6 Å². The molecule has 0 radical (unpaired) electrons. The molecule has 3 rings (SSSR count). The minimum absolute atomic E-state index is 0.0846. The third-order valence-electron chi connectivity index (χ3n) is 3.81. The third-order valence-corrected chi connectivity index (χ3v) is 3.81. The molecule has 2 heterocycles. The summed E-state index contributed by atoms with van der Waals surface area (Å²) in [5.74, 6) is 1.76. The monoisotopic (exact) mass is 336 g/mol. The van der Waals surface area contributed by atoms with Crippen LogP contribution in [0.5, 0.6) is 5.75 Å². The van der Waals surface area contributed by atoms with Crippen LogP contribution in [0.3, 0.4) is 0 Å². The quantitative estimate of drug-likeness (QED) is 0.539. The van der Waals surface area contributed by atoms with Gasteiger partial charge in [-0.05, 0) is 56.5 Å². The Hall–Kier alpha value is -2.69. The minimum atomic E-state index is 0.0846. The Balaban J connectivity index is 2.06. The molecule has 0 unspecified atom stereocenters. The summed E-state index contributed by atoms with van der Waals surface area (Å²) in [7, 11) is 0. The van der Waals surface area contributed by atoms with E-state index in [0.29, 0.717) is 5.69 Å². The molecule has 130 valence electrons. The number of aryl methyl sites for hydroxylation is 1. The maximum Gasteiger partial charge on any atom is 0.183 e. The molecule has 0 atom stereocenters. The Morgan fingerprint density at radius 3 is 2.52 bits per heavy atom. The van der Waals surface area contributed by atoms with Crippen molar-refractivity contribution in [1.82, 2.24) is 9.38 Å². The largest absolute Gasteiger partial charge is 0.489 e. The highest BCUT2D eigenvalue weighted by Gasteiger charge is 2.15. The molecule has 25 heavy (non-hydrogen) atoms. The van der Waals surface area contributed by atoms with Crippen LogP contribution in [-0.4, -0.2) is 15.5 Å². The van der Waals surface area contributed by atoms with E-state index in [1.54, 1.807) is 0 Å². The first-order chi connectivity index (χ1) is 12.0. The van der Waals surface area contributed by atoms with E-state index in [4.69, 9.17) is 9.72 Å². The number of rotatable bonds is 5. The normalized spacial score (nSPS) is 12.0. The molecule has 2 aromatic heterocycles. The van der Waals surface area contributed by atoms with Gasteiger partial charge in [0.05, 0.1) is 11.8 Å². The van der Waals surface area contributed by atoms with Crippen LogP contribution in [0, 0.1) is 6.92 Å². The number of pyridine rings is 1. The lowest BCUT2D eigenvalue weighted by atomic mass is 10.1. The SMILES string of the molecule is Cc1ccn2c(N=Nc3ccccc3OC(C)C)c(C(C)C)nc2c1. The highest BCUT2D eigenvalue weighted by Crippen LogP contribution is 2.33. The topological polar surface area (TPSA) is 51.2 Å². The Labute approximate surface area is 148 Å². The maximum atomic E-state index is 5.82. The van der Waals surface area contributed by atoms with Gasteiger partial charge < -0.3 is 4.74 Å². The predicted molar refractivity (Wildman–Crippen MR) is 100 cm³/mol. The van der Waals surface area contributed by atoms with E-state index < -0.39 is 0 Å². The first-order valence-electron chi connectivity index (χ1n) is 8.61. The van der Waals surface area contributed by atoms with Gasteiger partial charge in [-0.15, -0.1) is 10.2 Å². The van der Waals surface area contributed by atoms with E-state index in [1.807, 2.05) is 54.8 Å². The number of aromatic nitrogens is 2. The number of benzene rings is 1. The fourth-order valence-electron chi connectivity index (χ4n) is 2.63. The number of para-hydroxylation sites is 1. The number of ether oxygens (including phenoxy) is 1. The lowest BCUT2D eigenvalue weighted by Crippen LogP contribution is -2.05. The van der Waals surface area contributed by atoms with Gasteiger partial charge in [-0.3, -0.25) is 4.40 Å². The summed E-state index contributed by atoms with van der Waals surface area (Å²) in [4.78, 5) is 4.73. The van der Waals surface area contributed by atoms with Crippen LogP contribution < -0.4 is 4.74 Å². The van der Waals surface area contributed by atoms with Crippen LogP contribution in [0.2, 0.25) is 0 Å². The molecule has 0 aliphatic heterocycles. The number of fused-ring (bicyclic) bond motifs is 1. The average molecular weight is 336 g/mol. The fraction of sp³-hybridized carbons (Fsp3) is 0.350. The summed E-state index contributed by atoms with van der Waals surface area (Å²) in [6.07, 6.45) is 2.08. The summed E-state index contributed by atoms with van der Waals surface area (Å²) in [6, 6.07) is 11.8. The Morgan fingerprint density at radius 2 is 1.80 bits per heavy atom. The lowest BCUT2D eigenvalue weighted by molar-refractivity contribution is 0.243. The van der Waals surface area contributed by atoms with Crippen LogP contribution in [0.25, 0.3) is 5.65 Å². The predicted octanol–water partition coefficient (Wildman–Crippen LogP) is 5.97. The van der Waals surface area contributed by atoms with Crippen molar-refractivity contribution in [2.24, 2.45) is 10.2 Å². The second-order valence-corrected chi connectivity index (χ2v) is 6.74. The van der Waals surface area contributed by atoms with Gasteiger partial charge in [-0.2, -0.15) is 0 Å². The van der Waals surface area contributed by atoms with Crippen molar-refractivity contribution in [3.63, 3.8) is 0 Å². The molecule has 0 fully saturated rings. The molecule has 0 saturated heterocycles. The molecule has 5 nitrogen and oxygen atoms in total. The van der Waals surface area contributed by atoms with Crippen LogP contribution in [-0.2, 0) is 0 Å². The number of imidazole rings is 1. The molecule has 0 amide bonds. The van der Waals surface area contributed by atoms with Crippen molar-refractivity contribution >= 4 is 17.2 Å². The van der Waals surface area contributed by atoms with E-state index in [1.165, 1.54) is 5.56 Å². The molecule has 0 bridgehead atoms. The molecule has 0 aliphatic rings. The molecular weight excluding hydrogens is 312 g/mol. The summed E-state index contributed by atoms with van der Waals surface area (Å²) < 4.78 is 7.80. The first kappa shape index (κ1) is 17.1. The number of nitrogens with zero attached hydrogens (tertiary/aromatic N) is 4. The summed E-state index contributed by atoms with van der Waals surface area (Å²) in [5, 5.41) is 8.99. The van der Waals surface area contributed by atoms with Gasteiger partial charge in [0.25, 0.3) is 0 Å². The summed E-state index contributed by atoms with van der Waals surface area (Å²) in [6.45, 7) is 10.3.